The third-order valence-corrected chi connectivity index (χ3v) is 4.22. The lowest BCUT2D eigenvalue weighted by molar-refractivity contribution is 0.235. The summed E-state index contributed by atoms with van der Waals surface area (Å²) in [7, 11) is 2.10. The number of likely N-dealkylation sites (N-methyl/N-ethyl adjacent to an activating group) is 1. The first kappa shape index (κ1) is 14.9. The minimum Gasteiger partial charge on any atom is -0.336 e. The Kier molecular flexibility index (Phi) is 5.01. The van der Waals surface area contributed by atoms with Gasteiger partial charge in [0.1, 0.15) is 0 Å². The Morgan fingerprint density at radius 2 is 2.20 bits per heavy atom. The average molecular weight is 275 g/mol. The van der Waals surface area contributed by atoms with Crippen LogP contribution in [0.2, 0.25) is 0 Å². The highest BCUT2D eigenvalue weighted by molar-refractivity contribution is 5.94. The van der Waals surface area contributed by atoms with E-state index in [-0.39, 0.29) is 6.03 Å². The van der Waals surface area contributed by atoms with Gasteiger partial charge in [0.05, 0.1) is 0 Å². The molecule has 1 heterocycles. The van der Waals surface area contributed by atoms with Crippen molar-refractivity contribution in [2.45, 2.75) is 32.7 Å². The molecule has 0 saturated heterocycles. The van der Waals surface area contributed by atoms with Gasteiger partial charge in [0.2, 0.25) is 0 Å². The van der Waals surface area contributed by atoms with Crippen LogP contribution in [-0.4, -0.2) is 43.7 Å². The monoisotopic (exact) mass is 275 g/mol. The number of anilines is 1. The number of nitrogens with one attached hydrogen (secondary N) is 1. The fraction of sp³-hybridized carbons (Fsp3) is 0.562. The number of hydrogen-bond donors (Lipinski definition) is 1. The van der Waals surface area contributed by atoms with Gasteiger partial charge in [0.15, 0.2) is 0 Å². The summed E-state index contributed by atoms with van der Waals surface area (Å²) in [6.07, 6.45) is 2.08. The predicted molar refractivity (Wildman–Crippen MR) is 83.3 cm³/mol. The number of para-hydroxylation sites is 1. The van der Waals surface area contributed by atoms with Crippen LogP contribution >= 0.6 is 0 Å². The van der Waals surface area contributed by atoms with Crippen molar-refractivity contribution in [2.24, 2.45) is 0 Å². The third-order valence-electron chi connectivity index (χ3n) is 4.22. The van der Waals surface area contributed by atoms with Crippen LogP contribution in [0.5, 0.6) is 0 Å². The van der Waals surface area contributed by atoms with Gasteiger partial charge in [-0.15, -0.1) is 0 Å². The van der Waals surface area contributed by atoms with E-state index < -0.39 is 0 Å². The van der Waals surface area contributed by atoms with Crippen molar-refractivity contribution in [3.05, 3.63) is 29.8 Å². The third kappa shape index (κ3) is 3.31. The van der Waals surface area contributed by atoms with Crippen LogP contribution in [0.4, 0.5) is 10.5 Å². The molecule has 1 atom stereocenters. The lowest BCUT2D eigenvalue weighted by atomic mass is 10.2. The molecule has 1 unspecified atom stereocenters. The molecule has 2 rings (SSSR count). The Bertz CT molecular complexity index is 461. The summed E-state index contributed by atoms with van der Waals surface area (Å²) in [5, 5.41) is 3.02. The fourth-order valence-electron chi connectivity index (χ4n) is 2.52. The molecule has 0 fully saturated rings. The van der Waals surface area contributed by atoms with Gasteiger partial charge in [-0.05, 0) is 38.4 Å². The fourth-order valence-corrected chi connectivity index (χ4v) is 2.52. The van der Waals surface area contributed by atoms with E-state index in [1.807, 2.05) is 23.1 Å². The highest BCUT2D eigenvalue weighted by Gasteiger charge is 2.23. The Labute approximate surface area is 121 Å². The molecule has 1 aromatic rings. The number of amides is 2. The maximum Gasteiger partial charge on any atom is 0.321 e. The van der Waals surface area contributed by atoms with Crippen molar-refractivity contribution >= 4 is 11.7 Å². The van der Waals surface area contributed by atoms with E-state index in [4.69, 9.17) is 0 Å². The van der Waals surface area contributed by atoms with E-state index in [9.17, 15) is 4.79 Å². The SMILES string of the molecule is CCC(C)N(C)CCNC(=O)N1CCc2ccccc21. The van der Waals surface area contributed by atoms with E-state index in [2.05, 4.69) is 37.2 Å². The van der Waals surface area contributed by atoms with E-state index in [0.717, 1.165) is 31.6 Å². The Balaban J connectivity index is 1.82. The van der Waals surface area contributed by atoms with Gasteiger partial charge in [0, 0.05) is 31.4 Å². The van der Waals surface area contributed by atoms with Gasteiger partial charge >= 0.3 is 6.03 Å². The van der Waals surface area contributed by atoms with Crippen LogP contribution in [0, 0.1) is 0 Å². The minimum atomic E-state index is 0.0208. The summed E-state index contributed by atoms with van der Waals surface area (Å²) in [5.74, 6) is 0. The molecule has 1 aromatic carbocycles. The largest absolute Gasteiger partial charge is 0.336 e. The van der Waals surface area contributed by atoms with Gasteiger partial charge in [-0.1, -0.05) is 25.1 Å². The van der Waals surface area contributed by atoms with Crippen molar-refractivity contribution < 1.29 is 4.79 Å². The molecule has 4 nitrogen and oxygen atoms in total. The molecule has 4 heteroatoms. The number of carbonyl (C=O) groups excluding carboxylic acids is 1. The summed E-state index contributed by atoms with van der Waals surface area (Å²) in [6.45, 7) is 6.75. The van der Waals surface area contributed by atoms with Crippen LogP contribution in [-0.2, 0) is 6.42 Å². The maximum absolute atomic E-state index is 12.2. The summed E-state index contributed by atoms with van der Waals surface area (Å²) in [6, 6.07) is 8.71. The summed E-state index contributed by atoms with van der Waals surface area (Å²) >= 11 is 0. The summed E-state index contributed by atoms with van der Waals surface area (Å²) in [4.78, 5) is 16.3. The van der Waals surface area contributed by atoms with Crippen molar-refractivity contribution in [3.63, 3.8) is 0 Å². The van der Waals surface area contributed by atoms with Crippen LogP contribution in [0.3, 0.4) is 0 Å². The van der Waals surface area contributed by atoms with Crippen molar-refractivity contribution in [3.8, 4) is 0 Å². The zero-order chi connectivity index (χ0) is 14.5. The highest BCUT2D eigenvalue weighted by Crippen LogP contribution is 2.27. The standard InChI is InChI=1S/C16H25N3O/c1-4-13(2)18(3)12-10-17-16(20)19-11-9-14-7-5-6-8-15(14)19/h5-8,13H,4,9-12H2,1-3H3,(H,17,20). The Hall–Kier alpha value is -1.55. The molecule has 0 spiro atoms. The Morgan fingerprint density at radius 3 is 2.95 bits per heavy atom. The summed E-state index contributed by atoms with van der Waals surface area (Å²) in [5.41, 5.74) is 2.32. The quantitative estimate of drug-likeness (QED) is 0.896. The molecule has 0 radical (unpaired) electrons. The molecule has 0 aromatic heterocycles. The smallest absolute Gasteiger partial charge is 0.321 e. The second-order valence-electron chi connectivity index (χ2n) is 5.50. The Morgan fingerprint density at radius 1 is 1.45 bits per heavy atom. The minimum absolute atomic E-state index is 0.0208. The number of fused-ring (bicyclic) bond motifs is 1. The molecule has 0 saturated carbocycles. The van der Waals surface area contributed by atoms with Gasteiger partial charge in [-0.2, -0.15) is 0 Å². The van der Waals surface area contributed by atoms with Gasteiger partial charge in [0.25, 0.3) is 0 Å². The van der Waals surface area contributed by atoms with Crippen LogP contribution in [0.1, 0.15) is 25.8 Å². The molecule has 110 valence electrons. The van der Waals surface area contributed by atoms with Gasteiger partial charge < -0.3 is 10.2 Å². The number of urea groups is 1. The highest BCUT2D eigenvalue weighted by atomic mass is 16.2. The van der Waals surface area contributed by atoms with E-state index in [1.165, 1.54) is 5.56 Å². The van der Waals surface area contributed by atoms with Crippen LogP contribution in [0.15, 0.2) is 24.3 Å². The molecule has 20 heavy (non-hydrogen) atoms. The van der Waals surface area contributed by atoms with Crippen molar-refractivity contribution in [1.29, 1.82) is 0 Å². The zero-order valence-electron chi connectivity index (χ0n) is 12.7. The normalized spacial score (nSPS) is 15.3. The topological polar surface area (TPSA) is 35.6 Å². The van der Waals surface area contributed by atoms with Crippen molar-refractivity contribution in [2.75, 3.05) is 31.6 Å². The van der Waals surface area contributed by atoms with E-state index >= 15 is 0 Å². The van der Waals surface area contributed by atoms with E-state index in [0.29, 0.717) is 12.6 Å². The number of rotatable bonds is 5. The molecule has 1 aliphatic heterocycles. The maximum atomic E-state index is 12.2. The molecule has 0 aliphatic carbocycles. The number of benzene rings is 1. The number of hydrogen-bond acceptors (Lipinski definition) is 2. The molecule has 1 aliphatic rings. The van der Waals surface area contributed by atoms with Gasteiger partial charge in [-0.25, -0.2) is 4.79 Å². The number of carbonyl (C=O) groups is 1. The number of nitrogens with zero attached hydrogens (tertiary/aromatic N) is 2. The summed E-state index contributed by atoms with van der Waals surface area (Å²) < 4.78 is 0. The average Bonchev–Trinajstić information content (AvgIpc) is 2.90. The molecular weight excluding hydrogens is 250 g/mol. The lowest BCUT2D eigenvalue weighted by Crippen LogP contribution is -2.43. The molecule has 2 amide bonds. The van der Waals surface area contributed by atoms with Gasteiger partial charge in [-0.3, -0.25) is 4.90 Å². The first-order valence-electron chi connectivity index (χ1n) is 7.47. The second-order valence-corrected chi connectivity index (χ2v) is 5.50. The van der Waals surface area contributed by atoms with E-state index in [1.54, 1.807) is 0 Å². The first-order chi connectivity index (χ1) is 9.63. The second kappa shape index (κ2) is 6.75. The predicted octanol–water partition coefficient (Wildman–Crippen LogP) is 2.49. The molecule has 0 bridgehead atoms. The zero-order valence-corrected chi connectivity index (χ0v) is 12.7. The first-order valence-corrected chi connectivity index (χ1v) is 7.47. The molecular formula is C16H25N3O. The molecule has 1 N–H and O–H groups in total. The lowest BCUT2D eigenvalue weighted by Gasteiger charge is -2.24. The van der Waals surface area contributed by atoms with Crippen LogP contribution < -0.4 is 10.2 Å². The van der Waals surface area contributed by atoms with Crippen molar-refractivity contribution in [1.82, 2.24) is 10.2 Å². The van der Waals surface area contributed by atoms with Crippen LogP contribution in [0.25, 0.3) is 0 Å².